The lowest BCUT2D eigenvalue weighted by Gasteiger charge is -2.04. The molecule has 0 saturated carbocycles. The van der Waals surface area contributed by atoms with Crippen molar-refractivity contribution >= 4 is 54.0 Å². The van der Waals surface area contributed by atoms with Gasteiger partial charge in [0, 0.05) is 15.5 Å². The monoisotopic (exact) mass is 346 g/mol. The number of aromatic nitrogens is 1. The smallest absolute Gasteiger partial charge is 0.188 e. The van der Waals surface area contributed by atoms with Gasteiger partial charge in [-0.15, -0.1) is 11.3 Å². The van der Waals surface area contributed by atoms with Crippen molar-refractivity contribution in [3.63, 3.8) is 0 Å². The van der Waals surface area contributed by atoms with Crippen LogP contribution in [0.25, 0.3) is 0 Å². The van der Waals surface area contributed by atoms with E-state index in [4.69, 9.17) is 0 Å². The van der Waals surface area contributed by atoms with Gasteiger partial charge in [0.1, 0.15) is 4.60 Å². The summed E-state index contributed by atoms with van der Waals surface area (Å²) in [5.74, 6) is 0. The number of aryl methyl sites for hydroxylation is 1. The molecule has 0 bridgehead atoms. The lowest BCUT2D eigenvalue weighted by Crippen LogP contribution is -1.89. The first-order valence-corrected chi connectivity index (χ1v) is 6.76. The number of thiazole rings is 1. The van der Waals surface area contributed by atoms with E-state index in [1.165, 1.54) is 5.56 Å². The Kier molecular flexibility index (Phi) is 3.43. The van der Waals surface area contributed by atoms with Crippen molar-refractivity contribution in [1.82, 2.24) is 4.98 Å². The summed E-state index contributed by atoms with van der Waals surface area (Å²) in [6.07, 6.45) is 0. The highest BCUT2D eigenvalue weighted by molar-refractivity contribution is 9.10. The van der Waals surface area contributed by atoms with Crippen LogP contribution in [0.15, 0.2) is 32.7 Å². The number of halogens is 2. The molecule has 15 heavy (non-hydrogen) atoms. The van der Waals surface area contributed by atoms with Gasteiger partial charge < -0.3 is 5.32 Å². The molecule has 0 saturated heterocycles. The largest absolute Gasteiger partial charge is 0.331 e. The number of nitrogens with one attached hydrogen (secondary N) is 1. The quantitative estimate of drug-likeness (QED) is 0.850. The number of nitrogens with zero attached hydrogens (tertiary/aromatic N) is 1. The van der Waals surface area contributed by atoms with E-state index in [0.29, 0.717) is 0 Å². The van der Waals surface area contributed by atoms with E-state index in [1.54, 1.807) is 11.3 Å². The highest BCUT2D eigenvalue weighted by Crippen LogP contribution is 2.26. The zero-order chi connectivity index (χ0) is 10.8. The molecule has 78 valence electrons. The van der Waals surface area contributed by atoms with Gasteiger partial charge in [0.05, 0.1) is 0 Å². The molecule has 0 atom stereocenters. The van der Waals surface area contributed by atoms with Gasteiger partial charge in [-0.1, -0.05) is 22.0 Å². The Labute approximate surface area is 109 Å². The maximum absolute atomic E-state index is 4.27. The summed E-state index contributed by atoms with van der Waals surface area (Å²) in [6, 6.07) is 6.15. The van der Waals surface area contributed by atoms with Crippen LogP contribution in [-0.2, 0) is 0 Å². The van der Waals surface area contributed by atoms with Crippen LogP contribution in [0.4, 0.5) is 10.8 Å². The summed E-state index contributed by atoms with van der Waals surface area (Å²) >= 11 is 8.39. The highest BCUT2D eigenvalue weighted by Gasteiger charge is 2.01. The second-order valence-corrected chi connectivity index (χ2v) is 5.59. The van der Waals surface area contributed by atoms with Crippen molar-refractivity contribution in [1.29, 1.82) is 0 Å². The van der Waals surface area contributed by atoms with E-state index >= 15 is 0 Å². The van der Waals surface area contributed by atoms with Crippen molar-refractivity contribution in [2.75, 3.05) is 5.32 Å². The third kappa shape index (κ3) is 2.80. The van der Waals surface area contributed by atoms with Gasteiger partial charge in [-0.25, -0.2) is 4.98 Å². The molecular formula is C10H8Br2N2S. The van der Waals surface area contributed by atoms with E-state index < -0.39 is 0 Å². The molecule has 1 heterocycles. The van der Waals surface area contributed by atoms with E-state index in [1.807, 2.05) is 17.5 Å². The first kappa shape index (κ1) is 11.1. The van der Waals surface area contributed by atoms with Gasteiger partial charge in [0.25, 0.3) is 0 Å². The van der Waals surface area contributed by atoms with Crippen LogP contribution >= 0.6 is 43.2 Å². The average molecular weight is 348 g/mol. The lowest BCUT2D eigenvalue weighted by molar-refractivity contribution is 1.34. The summed E-state index contributed by atoms with van der Waals surface area (Å²) < 4.78 is 1.96. The number of hydrogen-bond donors (Lipinski definition) is 1. The Balaban J connectivity index is 2.21. The van der Waals surface area contributed by atoms with Gasteiger partial charge in [-0.2, -0.15) is 0 Å². The first-order chi connectivity index (χ1) is 7.15. The van der Waals surface area contributed by atoms with Crippen LogP contribution in [0.3, 0.4) is 0 Å². The Morgan fingerprint density at radius 1 is 1.33 bits per heavy atom. The Morgan fingerprint density at radius 2 is 2.13 bits per heavy atom. The fraction of sp³-hybridized carbons (Fsp3) is 0.100. The Morgan fingerprint density at radius 3 is 2.73 bits per heavy atom. The Bertz CT molecular complexity index is 482. The van der Waals surface area contributed by atoms with Crippen LogP contribution in [-0.4, -0.2) is 4.98 Å². The summed E-state index contributed by atoms with van der Waals surface area (Å²) in [4.78, 5) is 4.27. The van der Waals surface area contributed by atoms with Crippen molar-refractivity contribution < 1.29 is 0 Å². The molecule has 0 unspecified atom stereocenters. The fourth-order valence-electron chi connectivity index (χ4n) is 1.11. The van der Waals surface area contributed by atoms with Crippen molar-refractivity contribution in [3.8, 4) is 0 Å². The second kappa shape index (κ2) is 4.63. The van der Waals surface area contributed by atoms with Gasteiger partial charge in [0.2, 0.25) is 0 Å². The van der Waals surface area contributed by atoms with Crippen molar-refractivity contribution in [2.45, 2.75) is 6.92 Å². The minimum Gasteiger partial charge on any atom is -0.331 e. The van der Waals surface area contributed by atoms with Crippen molar-refractivity contribution in [2.24, 2.45) is 0 Å². The number of benzene rings is 1. The molecule has 5 heteroatoms. The molecule has 2 aromatic rings. The molecule has 0 radical (unpaired) electrons. The summed E-state index contributed by atoms with van der Waals surface area (Å²) in [5.41, 5.74) is 2.26. The summed E-state index contributed by atoms with van der Waals surface area (Å²) in [7, 11) is 0. The van der Waals surface area contributed by atoms with Gasteiger partial charge in [-0.3, -0.25) is 0 Å². The average Bonchev–Trinajstić information content (AvgIpc) is 2.58. The molecule has 1 aromatic heterocycles. The van der Waals surface area contributed by atoms with Crippen LogP contribution in [0.2, 0.25) is 0 Å². The van der Waals surface area contributed by atoms with E-state index in [-0.39, 0.29) is 0 Å². The summed E-state index contributed by atoms with van der Waals surface area (Å²) in [6.45, 7) is 2.06. The Hall–Kier alpha value is -0.390. The van der Waals surface area contributed by atoms with Crippen molar-refractivity contribution in [3.05, 3.63) is 38.2 Å². The molecule has 2 nitrogen and oxygen atoms in total. The van der Waals surface area contributed by atoms with E-state index in [0.717, 1.165) is 19.9 Å². The minimum absolute atomic E-state index is 0.862. The standard InChI is InChI=1S/C10H8Br2N2S/c1-6-2-3-7(4-8(6)11)13-10-14-9(12)5-15-10/h2-5H,1H3,(H,13,14). The predicted octanol–water partition coefficient (Wildman–Crippen LogP) is 4.72. The molecule has 0 aliphatic heterocycles. The number of hydrogen-bond acceptors (Lipinski definition) is 3. The molecule has 1 N–H and O–H groups in total. The highest BCUT2D eigenvalue weighted by atomic mass is 79.9. The van der Waals surface area contributed by atoms with Gasteiger partial charge >= 0.3 is 0 Å². The maximum atomic E-state index is 4.27. The van der Waals surface area contributed by atoms with Crippen LogP contribution in [0.5, 0.6) is 0 Å². The number of anilines is 2. The molecule has 0 aliphatic rings. The van der Waals surface area contributed by atoms with E-state index in [9.17, 15) is 0 Å². The molecule has 0 fully saturated rings. The molecule has 0 amide bonds. The first-order valence-electron chi connectivity index (χ1n) is 4.29. The van der Waals surface area contributed by atoms with E-state index in [2.05, 4.69) is 55.2 Å². The second-order valence-electron chi connectivity index (χ2n) is 3.06. The van der Waals surface area contributed by atoms with Crippen LogP contribution in [0.1, 0.15) is 5.56 Å². The molecule has 2 rings (SSSR count). The molecular weight excluding hydrogens is 340 g/mol. The molecule has 0 aliphatic carbocycles. The van der Waals surface area contributed by atoms with Gasteiger partial charge in [-0.05, 0) is 40.5 Å². The predicted molar refractivity (Wildman–Crippen MR) is 72.0 cm³/mol. The SMILES string of the molecule is Cc1ccc(Nc2nc(Br)cs2)cc1Br. The minimum atomic E-state index is 0.862. The molecule has 0 spiro atoms. The van der Waals surface area contributed by atoms with Crippen LogP contribution in [0, 0.1) is 6.92 Å². The topological polar surface area (TPSA) is 24.9 Å². The normalized spacial score (nSPS) is 10.3. The molecule has 1 aromatic carbocycles. The van der Waals surface area contributed by atoms with Crippen LogP contribution < -0.4 is 5.32 Å². The zero-order valence-electron chi connectivity index (χ0n) is 7.92. The summed E-state index contributed by atoms with van der Waals surface area (Å²) in [5, 5.41) is 6.08. The van der Waals surface area contributed by atoms with Gasteiger partial charge in [0.15, 0.2) is 5.13 Å². The fourth-order valence-corrected chi connectivity index (χ4v) is 2.65. The third-order valence-corrected chi connectivity index (χ3v) is 4.22. The third-order valence-electron chi connectivity index (χ3n) is 1.90. The zero-order valence-corrected chi connectivity index (χ0v) is 11.9. The maximum Gasteiger partial charge on any atom is 0.188 e. The lowest BCUT2D eigenvalue weighted by atomic mass is 10.2. The number of rotatable bonds is 2.